The fraction of sp³-hybridized carbons (Fsp3) is 0.333. The van der Waals surface area contributed by atoms with Gasteiger partial charge >= 0.3 is 0 Å². The van der Waals surface area contributed by atoms with Crippen LogP contribution in [-0.4, -0.2) is 34.3 Å². The molecule has 0 aliphatic heterocycles. The number of aryl methyl sites for hydroxylation is 1. The molecule has 0 aliphatic carbocycles. The maximum absolute atomic E-state index is 5.87. The number of rotatable bonds is 3. The van der Waals surface area contributed by atoms with E-state index in [2.05, 4.69) is 20.2 Å². The highest BCUT2D eigenvalue weighted by atomic mass is 35.5. The van der Waals surface area contributed by atoms with Crippen LogP contribution in [0.2, 0.25) is 5.15 Å². The monoisotopic (exact) mass is 287 g/mol. The molecule has 5 nitrogen and oxygen atoms in total. The maximum atomic E-state index is 5.87. The third-order valence-electron chi connectivity index (χ3n) is 1.75. The van der Waals surface area contributed by atoms with Gasteiger partial charge < -0.3 is 4.90 Å². The molecule has 2 heterocycles. The van der Waals surface area contributed by atoms with E-state index >= 15 is 0 Å². The highest BCUT2D eigenvalue weighted by Gasteiger charge is 2.09. The average Bonchev–Trinajstić information content (AvgIpc) is 2.64. The first-order valence-electron chi connectivity index (χ1n) is 4.74. The summed E-state index contributed by atoms with van der Waals surface area (Å²) in [6.45, 7) is 1.81. The number of halogens is 1. The molecule has 0 bridgehead atoms. The predicted molar refractivity (Wildman–Crippen MR) is 70.1 cm³/mol. The zero-order chi connectivity index (χ0) is 12.4. The van der Waals surface area contributed by atoms with Crippen molar-refractivity contribution in [2.75, 3.05) is 19.0 Å². The van der Waals surface area contributed by atoms with Crippen LogP contribution in [0, 0.1) is 6.92 Å². The summed E-state index contributed by atoms with van der Waals surface area (Å²) >= 11 is 8.81. The molecule has 0 saturated heterocycles. The Bertz CT molecular complexity index is 508. The minimum Gasteiger partial charge on any atom is -0.353 e. The fourth-order valence-corrected chi connectivity index (χ4v) is 3.12. The van der Waals surface area contributed by atoms with Gasteiger partial charge in [0.2, 0.25) is 5.13 Å². The van der Waals surface area contributed by atoms with Gasteiger partial charge in [0.25, 0.3) is 0 Å². The minimum absolute atomic E-state index is 0.442. The standard InChI is InChI=1S/C9H10ClN5S2/c1-5-11-6(10)4-7(12-5)16-9-14-13-8(17-9)15(2)3/h4H,1-3H3. The number of nitrogens with zero attached hydrogens (tertiary/aromatic N) is 5. The Morgan fingerprint density at radius 1 is 1.29 bits per heavy atom. The molecule has 0 atom stereocenters. The summed E-state index contributed by atoms with van der Waals surface area (Å²) in [5, 5.41) is 10.2. The van der Waals surface area contributed by atoms with Gasteiger partial charge in [-0.15, -0.1) is 10.2 Å². The summed E-state index contributed by atoms with van der Waals surface area (Å²) in [6, 6.07) is 1.72. The van der Waals surface area contributed by atoms with Gasteiger partial charge in [-0.2, -0.15) is 0 Å². The van der Waals surface area contributed by atoms with Crippen molar-refractivity contribution in [1.82, 2.24) is 20.2 Å². The summed E-state index contributed by atoms with van der Waals surface area (Å²) in [4.78, 5) is 10.2. The first-order valence-corrected chi connectivity index (χ1v) is 6.75. The van der Waals surface area contributed by atoms with Crippen molar-refractivity contribution in [3.8, 4) is 0 Å². The van der Waals surface area contributed by atoms with Gasteiger partial charge in [-0.25, -0.2) is 9.97 Å². The smallest absolute Gasteiger partial charge is 0.208 e. The molecule has 8 heteroatoms. The number of hydrogen-bond donors (Lipinski definition) is 0. The summed E-state index contributed by atoms with van der Waals surface area (Å²) < 4.78 is 0.836. The third kappa shape index (κ3) is 3.27. The number of anilines is 1. The lowest BCUT2D eigenvalue weighted by molar-refractivity contribution is 0.953. The van der Waals surface area contributed by atoms with Gasteiger partial charge in [0.05, 0.1) is 0 Å². The molecule has 2 rings (SSSR count). The Labute approximate surface area is 112 Å². The van der Waals surface area contributed by atoms with Crippen LogP contribution in [0.5, 0.6) is 0 Å². The quantitative estimate of drug-likeness (QED) is 0.809. The fourth-order valence-electron chi connectivity index (χ4n) is 1.07. The van der Waals surface area contributed by atoms with E-state index < -0.39 is 0 Å². The second kappa shape index (κ2) is 5.16. The highest BCUT2D eigenvalue weighted by molar-refractivity contribution is 8.01. The Hall–Kier alpha value is -0.920. The van der Waals surface area contributed by atoms with Gasteiger partial charge in [0.15, 0.2) is 4.34 Å². The van der Waals surface area contributed by atoms with E-state index in [0.717, 1.165) is 14.5 Å². The van der Waals surface area contributed by atoms with Crippen molar-refractivity contribution < 1.29 is 0 Å². The van der Waals surface area contributed by atoms with E-state index in [1.165, 1.54) is 23.1 Å². The molecule has 0 amide bonds. The zero-order valence-corrected chi connectivity index (χ0v) is 11.9. The van der Waals surface area contributed by atoms with E-state index in [0.29, 0.717) is 11.0 Å². The van der Waals surface area contributed by atoms with Crippen LogP contribution in [0.3, 0.4) is 0 Å². The van der Waals surface area contributed by atoms with Crippen molar-refractivity contribution in [3.63, 3.8) is 0 Å². The largest absolute Gasteiger partial charge is 0.353 e. The number of aromatic nitrogens is 4. The Morgan fingerprint density at radius 2 is 2.06 bits per heavy atom. The zero-order valence-electron chi connectivity index (χ0n) is 9.51. The molecule has 0 N–H and O–H groups in total. The van der Waals surface area contributed by atoms with Gasteiger partial charge in [-0.05, 0) is 18.7 Å². The predicted octanol–water partition coefficient (Wildman–Crippen LogP) is 2.51. The molecule has 0 spiro atoms. The van der Waals surface area contributed by atoms with Crippen LogP contribution >= 0.6 is 34.7 Å². The van der Waals surface area contributed by atoms with Crippen LogP contribution in [0.1, 0.15) is 5.82 Å². The molecular formula is C9H10ClN5S2. The van der Waals surface area contributed by atoms with Crippen molar-refractivity contribution in [1.29, 1.82) is 0 Å². The summed E-state index contributed by atoms with van der Waals surface area (Å²) in [6.07, 6.45) is 0. The lowest BCUT2D eigenvalue weighted by Gasteiger charge is -2.03. The van der Waals surface area contributed by atoms with Crippen molar-refractivity contribution in [2.45, 2.75) is 16.3 Å². The van der Waals surface area contributed by atoms with Crippen LogP contribution in [0.15, 0.2) is 15.4 Å². The van der Waals surface area contributed by atoms with Crippen molar-refractivity contribution >= 4 is 39.8 Å². The molecule has 0 fully saturated rings. The molecule has 90 valence electrons. The lowest BCUT2D eigenvalue weighted by Crippen LogP contribution is -2.07. The Kier molecular flexibility index (Phi) is 3.80. The van der Waals surface area contributed by atoms with Crippen LogP contribution < -0.4 is 4.90 Å². The minimum atomic E-state index is 0.442. The molecule has 0 aliphatic rings. The molecule has 0 aromatic carbocycles. The van der Waals surface area contributed by atoms with E-state index in [1.54, 1.807) is 13.0 Å². The first-order chi connectivity index (χ1) is 8.04. The molecule has 0 radical (unpaired) electrons. The van der Waals surface area contributed by atoms with E-state index in [-0.39, 0.29) is 0 Å². The summed E-state index contributed by atoms with van der Waals surface area (Å²) in [7, 11) is 3.86. The highest BCUT2D eigenvalue weighted by Crippen LogP contribution is 2.32. The summed E-state index contributed by atoms with van der Waals surface area (Å²) in [5.41, 5.74) is 0. The lowest BCUT2D eigenvalue weighted by atomic mass is 10.6. The van der Waals surface area contributed by atoms with Gasteiger partial charge in [-0.3, -0.25) is 0 Å². The molecule has 2 aromatic heterocycles. The van der Waals surface area contributed by atoms with E-state index in [9.17, 15) is 0 Å². The van der Waals surface area contributed by atoms with Crippen LogP contribution in [-0.2, 0) is 0 Å². The van der Waals surface area contributed by atoms with Crippen molar-refractivity contribution in [3.05, 3.63) is 17.0 Å². The SMILES string of the molecule is Cc1nc(Cl)cc(Sc2nnc(N(C)C)s2)n1. The van der Waals surface area contributed by atoms with Crippen LogP contribution in [0.4, 0.5) is 5.13 Å². The Morgan fingerprint density at radius 3 is 2.65 bits per heavy atom. The normalized spacial score (nSPS) is 10.6. The van der Waals surface area contributed by atoms with Gasteiger partial charge in [0.1, 0.15) is 16.0 Å². The summed E-state index contributed by atoms with van der Waals surface area (Å²) in [5.74, 6) is 0.650. The molecular weight excluding hydrogens is 278 g/mol. The van der Waals surface area contributed by atoms with E-state index in [1.807, 2.05) is 19.0 Å². The average molecular weight is 288 g/mol. The first kappa shape index (κ1) is 12.5. The second-order valence-electron chi connectivity index (χ2n) is 3.42. The van der Waals surface area contributed by atoms with E-state index in [4.69, 9.17) is 11.6 Å². The second-order valence-corrected chi connectivity index (χ2v) is 6.03. The van der Waals surface area contributed by atoms with Gasteiger partial charge in [-0.1, -0.05) is 22.9 Å². The van der Waals surface area contributed by atoms with Gasteiger partial charge in [0, 0.05) is 20.2 Å². The van der Waals surface area contributed by atoms with Crippen LogP contribution in [0.25, 0.3) is 0 Å². The molecule has 2 aromatic rings. The number of hydrogen-bond acceptors (Lipinski definition) is 7. The third-order valence-corrected chi connectivity index (χ3v) is 4.01. The Balaban J connectivity index is 2.19. The topological polar surface area (TPSA) is 54.8 Å². The molecule has 0 saturated carbocycles. The maximum Gasteiger partial charge on any atom is 0.208 e. The molecule has 17 heavy (non-hydrogen) atoms. The molecule has 0 unspecified atom stereocenters. The van der Waals surface area contributed by atoms with Crippen molar-refractivity contribution in [2.24, 2.45) is 0 Å².